The number of benzene rings is 3. The first-order valence-corrected chi connectivity index (χ1v) is 9.63. The number of H-pyrrole nitrogens is 1. The number of hydrogen-bond acceptors (Lipinski definition) is 7. The molecular formula is C20H11Cl2N5O5. The van der Waals surface area contributed by atoms with Gasteiger partial charge in [0, 0.05) is 28.4 Å². The molecule has 12 heteroatoms. The highest BCUT2D eigenvalue weighted by Crippen LogP contribution is 2.34. The van der Waals surface area contributed by atoms with Crippen LogP contribution in [0.2, 0.25) is 10.0 Å². The molecule has 2 N–H and O–H groups in total. The molecule has 0 unspecified atom stereocenters. The third-order valence-corrected chi connectivity index (χ3v) is 5.06. The number of nitrogens with zero attached hydrogens (tertiary/aromatic N) is 4. The molecule has 1 heterocycles. The number of aromatic amines is 1. The molecule has 0 aliphatic carbocycles. The van der Waals surface area contributed by atoms with Crippen LogP contribution in [0.3, 0.4) is 0 Å². The van der Waals surface area contributed by atoms with Gasteiger partial charge in [0.15, 0.2) is 0 Å². The standard InChI is InChI=1S/C20H11Cl2N5O5/c21-11-1-3-14(15(22)6-11)20-24-16-4-2-12(7-17(16)25-20)23-9-10-5-13(26(29)30)8-18(19(10)28)27(31)32/h1-9,28H,(H,24,25). The molecule has 10 nitrogen and oxygen atoms in total. The summed E-state index contributed by atoms with van der Waals surface area (Å²) in [6.07, 6.45) is 1.11. The van der Waals surface area contributed by atoms with Crippen LogP contribution in [0.1, 0.15) is 5.56 Å². The lowest BCUT2D eigenvalue weighted by atomic mass is 10.1. The molecule has 0 aliphatic rings. The van der Waals surface area contributed by atoms with Crippen LogP contribution in [0.25, 0.3) is 22.4 Å². The van der Waals surface area contributed by atoms with E-state index in [1.165, 1.54) is 0 Å². The number of nitro benzene ring substituents is 2. The Labute approximate surface area is 189 Å². The number of aliphatic imine (C=N–C) groups is 1. The average Bonchev–Trinajstić information content (AvgIpc) is 3.15. The molecule has 3 aromatic carbocycles. The van der Waals surface area contributed by atoms with E-state index in [1.54, 1.807) is 36.4 Å². The smallest absolute Gasteiger partial charge is 0.318 e. The summed E-state index contributed by atoms with van der Waals surface area (Å²) in [7, 11) is 0. The Morgan fingerprint density at radius 3 is 2.50 bits per heavy atom. The van der Waals surface area contributed by atoms with Crippen LogP contribution in [-0.4, -0.2) is 31.1 Å². The number of fused-ring (bicyclic) bond motifs is 1. The molecule has 0 amide bonds. The van der Waals surface area contributed by atoms with Crippen molar-refractivity contribution in [3.8, 4) is 17.1 Å². The number of phenols is 1. The second kappa shape index (κ2) is 8.25. The van der Waals surface area contributed by atoms with Gasteiger partial charge in [-0.15, -0.1) is 0 Å². The number of aromatic hydroxyl groups is 1. The van der Waals surface area contributed by atoms with Crippen molar-refractivity contribution >= 4 is 57.5 Å². The zero-order valence-electron chi connectivity index (χ0n) is 15.8. The molecule has 0 radical (unpaired) electrons. The number of non-ortho nitro benzene ring substituents is 1. The first-order chi connectivity index (χ1) is 15.2. The topological polar surface area (TPSA) is 148 Å². The van der Waals surface area contributed by atoms with Gasteiger partial charge in [-0.05, 0) is 36.4 Å². The first kappa shape index (κ1) is 21.2. The Morgan fingerprint density at radius 2 is 1.81 bits per heavy atom. The fraction of sp³-hybridized carbons (Fsp3) is 0. The van der Waals surface area contributed by atoms with Crippen molar-refractivity contribution in [2.75, 3.05) is 0 Å². The SMILES string of the molecule is O=[N+]([O-])c1cc(C=Nc2ccc3nc(-c4ccc(Cl)cc4Cl)[nH]c3c2)c(O)c([N+](=O)[O-])c1. The Kier molecular flexibility index (Phi) is 5.47. The number of halogens is 2. The maximum absolute atomic E-state index is 11.1. The number of aromatic nitrogens is 2. The molecule has 160 valence electrons. The number of rotatable bonds is 5. The van der Waals surface area contributed by atoms with E-state index in [9.17, 15) is 25.3 Å². The van der Waals surface area contributed by atoms with Crippen LogP contribution in [0.4, 0.5) is 17.1 Å². The van der Waals surface area contributed by atoms with Gasteiger partial charge in [-0.3, -0.25) is 25.2 Å². The molecule has 4 aromatic rings. The Morgan fingerprint density at radius 1 is 1.03 bits per heavy atom. The van der Waals surface area contributed by atoms with Crippen LogP contribution in [0.5, 0.6) is 5.75 Å². The van der Waals surface area contributed by atoms with E-state index in [4.69, 9.17) is 23.2 Å². The summed E-state index contributed by atoms with van der Waals surface area (Å²) in [5.41, 5.74) is 0.867. The van der Waals surface area contributed by atoms with E-state index in [2.05, 4.69) is 15.0 Å². The Bertz CT molecular complexity index is 1430. The lowest BCUT2D eigenvalue weighted by Gasteiger charge is -2.01. The monoisotopic (exact) mass is 471 g/mol. The highest BCUT2D eigenvalue weighted by atomic mass is 35.5. The molecule has 0 bridgehead atoms. The van der Waals surface area contributed by atoms with Gasteiger partial charge in [-0.25, -0.2) is 4.98 Å². The average molecular weight is 472 g/mol. The van der Waals surface area contributed by atoms with Crippen LogP contribution in [0, 0.1) is 20.2 Å². The quantitative estimate of drug-likeness (QED) is 0.213. The Balaban J connectivity index is 1.71. The summed E-state index contributed by atoms with van der Waals surface area (Å²) in [6.45, 7) is 0. The zero-order chi connectivity index (χ0) is 23.0. The number of imidazole rings is 1. The molecule has 32 heavy (non-hydrogen) atoms. The number of nitro groups is 2. The van der Waals surface area contributed by atoms with Crippen molar-refractivity contribution in [1.29, 1.82) is 0 Å². The fourth-order valence-electron chi connectivity index (χ4n) is 3.00. The summed E-state index contributed by atoms with van der Waals surface area (Å²) in [6, 6.07) is 11.7. The predicted octanol–water partition coefficient (Wildman–Crippen LogP) is 5.81. The number of nitrogens with one attached hydrogen (secondary N) is 1. The van der Waals surface area contributed by atoms with E-state index in [1.807, 2.05) is 0 Å². The molecule has 0 atom stereocenters. The van der Waals surface area contributed by atoms with Crippen LogP contribution < -0.4 is 0 Å². The van der Waals surface area contributed by atoms with E-state index >= 15 is 0 Å². The lowest BCUT2D eigenvalue weighted by Crippen LogP contribution is -1.96. The van der Waals surface area contributed by atoms with Crippen LogP contribution in [-0.2, 0) is 0 Å². The molecule has 0 fully saturated rings. The third-order valence-electron chi connectivity index (χ3n) is 4.52. The zero-order valence-corrected chi connectivity index (χ0v) is 17.3. The van der Waals surface area contributed by atoms with Gasteiger partial charge in [0.1, 0.15) is 5.82 Å². The van der Waals surface area contributed by atoms with Crippen LogP contribution in [0.15, 0.2) is 53.5 Å². The van der Waals surface area contributed by atoms with E-state index in [0.717, 1.165) is 12.3 Å². The summed E-state index contributed by atoms with van der Waals surface area (Å²) in [4.78, 5) is 32.2. The maximum Gasteiger partial charge on any atom is 0.318 e. The maximum atomic E-state index is 11.1. The number of phenolic OH excluding ortho intramolecular Hbond substituents is 1. The minimum Gasteiger partial charge on any atom is -0.502 e. The third kappa shape index (κ3) is 4.09. The summed E-state index contributed by atoms with van der Waals surface area (Å²) in [5, 5.41) is 33.2. The molecular weight excluding hydrogens is 461 g/mol. The minimum atomic E-state index is -0.903. The van der Waals surface area contributed by atoms with Crippen molar-refractivity contribution in [3.63, 3.8) is 0 Å². The van der Waals surface area contributed by atoms with Gasteiger partial charge in [-0.1, -0.05) is 23.2 Å². The van der Waals surface area contributed by atoms with Crippen molar-refractivity contribution in [3.05, 3.63) is 84.4 Å². The van der Waals surface area contributed by atoms with Gasteiger partial charge in [0.2, 0.25) is 5.75 Å². The van der Waals surface area contributed by atoms with E-state index < -0.39 is 27.0 Å². The van der Waals surface area contributed by atoms with Crippen molar-refractivity contribution in [2.45, 2.75) is 0 Å². The van der Waals surface area contributed by atoms with Crippen molar-refractivity contribution in [1.82, 2.24) is 9.97 Å². The number of hydrogen-bond donors (Lipinski definition) is 2. The van der Waals surface area contributed by atoms with Crippen molar-refractivity contribution in [2.24, 2.45) is 4.99 Å². The second-order valence-electron chi connectivity index (χ2n) is 6.59. The van der Waals surface area contributed by atoms with Crippen LogP contribution >= 0.6 is 23.2 Å². The molecule has 0 saturated heterocycles. The molecule has 1 aromatic heterocycles. The highest BCUT2D eigenvalue weighted by molar-refractivity contribution is 6.36. The molecule has 0 spiro atoms. The van der Waals surface area contributed by atoms with Gasteiger partial charge in [0.25, 0.3) is 5.69 Å². The van der Waals surface area contributed by atoms with Gasteiger partial charge in [-0.2, -0.15) is 0 Å². The highest BCUT2D eigenvalue weighted by Gasteiger charge is 2.23. The van der Waals surface area contributed by atoms with Crippen molar-refractivity contribution < 1.29 is 15.0 Å². The molecule has 4 rings (SSSR count). The normalized spacial score (nSPS) is 11.3. The van der Waals surface area contributed by atoms with Gasteiger partial charge in [0.05, 0.1) is 37.7 Å². The largest absolute Gasteiger partial charge is 0.502 e. The summed E-state index contributed by atoms with van der Waals surface area (Å²) >= 11 is 12.2. The van der Waals surface area contributed by atoms with E-state index in [-0.39, 0.29) is 5.56 Å². The van der Waals surface area contributed by atoms with Gasteiger partial charge >= 0.3 is 5.69 Å². The molecule has 0 saturated carbocycles. The lowest BCUT2D eigenvalue weighted by molar-refractivity contribution is -0.394. The summed E-state index contributed by atoms with van der Waals surface area (Å²) < 4.78 is 0. The fourth-order valence-corrected chi connectivity index (χ4v) is 3.50. The summed E-state index contributed by atoms with van der Waals surface area (Å²) in [5.74, 6) is -0.193. The Hall–Kier alpha value is -4.02. The first-order valence-electron chi connectivity index (χ1n) is 8.88. The minimum absolute atomic E-state index is 0.163. The molecule has 0 aliphatic heterocycles. The predicted molar refractivity (Wildman–Crippen MR) is 120 cm³/mol. The van der Waals surface area contributed by atoms with E-state index in [0.29, 0.717) is 44.2 Å². The van der Waals surface area contributed by atoms with Gasteiger partial charge < -0.3 is 10.1 Å². The second-order valence-corrected chi connectivity index (χ2v) is 7.43.